The smallest absolute Gasteiger partial charge is 0.313 e. The standard InChI is InChI=1S/C15H19NO3/c1-9(2)16-8-12(15(3,4)14(18)19)11-6-5-10(17)7-13(11)16/h5-9,17H,1-4H3,(H,18,19). The predicted molar refractivity (Wildman–Crippen MR) is 74.6 cm³/mol. The van der Waals surface area contributed by atoms with E-state index in [1.807, 2.05) is 24.6 Å². The van der Waals surface area contributed by atoms with E-state index in [0.717, 1.165) is 16.5 Å². The number of aromatic nitrogens is 1. The van der Waals surface area contributed by atoms with Gasteiger partial charge in [-0.25, -0.2) is 0 Å². The van der Waals surface area contributed by atoms with Crippen LogP contribution < -0.4 is 0 Å². The van der Waals surface area contributed by atoms with Gasteiger partial charge in [-0.3, -0.25) is 4.79 Å². The number of phenolic OH excluding ortho intramolecular Hbond substituents is 1. The molecule has 1 aromatic heterocycles. The topological polar surface area (TPSA) is 62.5 Å². The van der Waals surface area contributed by atoms with Crippen molar-refractivity contribution in [2.45, 2.75) is 39.2 Å². The maximum absolute atomic E-state index is 11.5. The normalized spacial score (nSPS) is 12.3. The summed E-state index contributed by atoms with van der Waals surface area (Å²) < 4.78 is 2.00. The fraction of sp³-hybridized carbons (Fsp3) is 0.400. The van der Waals surface area contributed by atoms with E-state index < -0.39 is 11.4 Å². The maximum atomic E-state index is 11.5. The van der Waals surface area contributed by atoms with Gasteiger partial charge in [-0.15, -0.1) is 0 Å². The van der Waals surface area contributed by atoms with E-state index in [9.17, 15) is 15.0 Å². The summed E-state index contributed by atoms with van der Waals surface area (Å²) in [5, 5.41) is 19.9. The molecule has 4 nitrogen and oxygen atoms in total. The van der Waals surface area contributed by atoms with Gasteiger partial charge >= 0.3 is 5.97 Å². The Morgan fingerprint density at radius 2 is 1.95 bits per heavy atom. The van der Waals surface area contributed by atoms with Gasteiger partial charge in [0.15, 0.2) is 0 Å². The number of rotatable bonds is 3. The number of benzene rings is 1. The Morgan fingerprint density at radius 3 is 2.47 bits per heavy atom. The van der Waals surface area contributed by atoms with Crippen molar-refractivity contribution in [3.63, 3.8) is 0 Å². The van der Waals surface area contributed by atoms with Crippen molar-refractivity contribution < 1.29 is 15.0 Å². The average molecular weight is 261 g/mol. The van der Waals surface area contributed by atoms with Crippen molar-refractivity contribution in [2.24, 2.45) is 0 Å². The first-order valence-corrected chi connectivity index (χ1v) is 6.32. The molecule has 0 aliphatic heterocycles. The van der Waals surface area contributed by atoms with Crippen LogP contribution in [0.25, 0.3) is 10.9 Å². The number of phenols is 1. The fourth-order valence-corrected chi connectivity index (χ4v) is 2.28. The lowest BCUT2D eigenvalue weighted by Gasteiger charge is -2.18. The number of fused-ring (bicyclic) bond motifs is 1. The molecule has 102 valence electrons. The number of hydrogen-bond donors (Lipinski definition) is 2. The van der Waals surface area contributed by atoms with E-state index in [2.05, 4.69) is 0 Å². The van der Waals surface area contributed by atoms with Gasteiger partial charge in [0.1, 0.15) is 5.75 Å². The van der Waals surface area contributed by atoms with Gasteiger partial charge in [0.2, 0.25) is 0 Å². The lowest BCUT2D eigenvalue weighted by molar-refractivity contribution is -0.142. The van der Waals surface area contributed by atoms with Crippen molar-refractivity contribution in [3.05, 3.63) is 30.0 Å². The van der Waals surface area contributed by atoms with Gasteiger partial charge in [-0.2, -0.15) is 0 Å². The largest absolute Gasteiger partial charge is 0.508 e. The molecule has 4 heteroatoms. The summed E-state index contributed by atoms with van der Waals surface area (Å²) in [6, 6.07) is 5.25. The Kier molecular flexibility index (Phi) is 3.04. The highest BCUT2D eigenvalue weighted by molar-refractivity contribution is 5.92. The van der Waals surface area contributed by atoms with Gasteiger partial charge in [-0.05, 0) is 45.4 Å². The molecule has 0 saturated heterocycles. The molecule has 1 aromatic carbocycles. The molecule has 2 aromatic rings. The van der Waals surface area contributed by atoms with Crippen LogP contribution in [0.5, 0.6) is 5.75 Å². The first kappa shape index (κ1) is 13.5. The van der Waals surface area contributed by atoms with Gasteiger partial charge in [-0.1, -0.05) is 0 Å². The highest BCUT2D eigenvalue weighted by atomic mass is 16.4. The van der Waals surface area contributed by atoms with Crippen LogP contribution >= 0.6 is 0 Å². The van der Waals surface area contributed by atoms with E-state index >= 15 is 0 Å². The zero-order chi connectivity index (χ0) is 14.4. The zero-order valence-electron chi connectivity index (χ0n) is 11.6. The minimum absolute atomic E-state index is 0.187. The van der Waals surface area contributed by atoms with Gasteiger partial charge in [0.25, 0.3) is 0 Å². The number of carboxylic acids is 1. The highest BCUT2D eigenvalue weighted by Crippen LogP contribution is 2.35. The molecular weight excluding hydrogens is 242 g/mol. The molecule has 1 heterocycles. The third-order valence-corrected chi connectivity index (χ3v) is 3.58. The molecule has 2 N–H and O–H groups in total. The van der Waals surface area contributed by atoms with Crippen molar-refractivity contribution in [1.82, 2.24) is 4.57 Å². The average Bonchev–Trinajstić information content (AvgIpc) is 2.67. The quantitative estimate of drug-likeness (QED) is 0.891. The molecule has 0 aliphatic rings. The summed E-state index contributed by atoms with van der Waals surface area (Å²) in [4.78, 5) is 11.5. The summed E-state index contributed by atoms with van der Waals surface area (Å²) in [7, 11) is 0. The molecule has 0 fully saturated rings. The van der Waals surface area contributed by atoms with Crippen molar-refractivity contribution >= 4 is 16.9 Å². The van der Waals surface area contributed by atoms with Crippen molar-refractivity contribution in [2.75, 3.05) is 0 Å². The summed E-state index contributed by atoms with van der Waals surface area (Å²) in [5.74, 6) is -0.671. The van der Waals surface area contributed by atoms with Crippen LogP contribution in [0.2, 0.25) is 0 Å². The number of hydrogen-bond acceptors (Lipinski definition) is 2. The molecule has 19 heavy (non-hydrogen) atoms. The number of carbonyl (C=O) groups is 1. The first-order chi connectivity index (χ1) is 8.75. The van der Waals surface area contributed by atoms with Crippen LogP contribution in [0.1, 0.15) is 39.3 Å². The second-order valence-corrected chi connectivity index (χ2v) is 5.68. The number of carboxylic acid groups (broad SMARTS) is 1. The minimum Gasteiger partial charge on any atom is -0.508 e. The SMILES string of the molecule is CC(C)n1cc(C(C)(C)C(=O)O)c2ccc(O)cc21. The molecule has 0 amide bonds. The lowest BCUT2D eigenvalue weighted by atomic mass is 9.84. The number of aromatic hydroxyl groups is 1. The Balaban J connectivity index is 2.80. The molecule has 0 unspecified atom stereocenters. The Morgan fingerprint density at radius 1 is 1.32 bits per heavy atom. The molecule has 2 rings (SSSR count). The number of nitrogens with zero attached hydrogens (tertiary/aromatic N) is 1. The van der Waals surface area contributed by atoms with Crippen molar-refractivity contribution in [3.8, 4) is 5.75 Å². The first-order valence-electron chi connectivity index (χ1n) is 6.32. The van der Waals surface area contributed by atoms with Crippen LogP contribution in [-0.4, -0.2) is 20.7 Å². The summed E-state index contributed by atoms with van der Waals surface area (Å²) in [6.07, 6.45) is 1.88. The van der Waals surface area contributed by atoms with Gasteiger partial charge in [0, 0.05) is 23.7 Å². The van der Waals surface area contributed by atoms with E-state index in [1.165, 1.54) is 0 Å². The Bertz CT molecular complexity index is 638. The molecule has 0 saturated carbocycles. The van der Waals surface area contributed by atoms with Crippen molar-refractivity contribution in [1.29, 1.82) is 0 Å². The maximum Gasteiger partial charge on any atom is 0.313 e. The van der Waals surface area contributed by atoms with Crippen LogP contribution in [0.3, 0.4) is 0 Å². The molecule has 0 radical (unpaired) electrons. The fourth-order valence-electron chi connectivity index (χ4n) is 2.28. The van der Waals surface area contributed by atoms with E-state index in [4.69, 9.17) is 0 Å². The molecule has 0 aliphatic carbocycles. The number of aliphatic carboxylic acids is 1. The van der Waals surface area contributed by atoms with Crippen LogP contribution in [0.4, 0.5) is 0 Å². The highest BCUT2D eigenvalue weighted by Gasteiger charge is 2.33. The summed E-state index contributed by atoms with van der Waals surface area (Å²) in [6.45, 7) is 7.45. The molecular formula is C15H19NO3. The molecule has 0 spiro atoms. The van der Waals surface area contributed by atoms with Crippen LogP contribution in [0, 0.1) is 0 Å². The second kappa shape index (κ2) is 4.30. The predicted octanol–water partition coefficient (Wildman–Crippen LogP) is 3.29. The van der Waals surface area contributed by atoms with Crippen LogP contribution in [0.15, 0.2) is 24.4 Å². The molecule has 0 atom stereocenters. The van der Waals surface area contributed by atoms with Crippen LogP contribution in [-0.2, 0) is 10.2 Å². The van der Waals surface area contributed by atoms with E-state index in [-0.39, 0.29) is 11.8 Å². The zero-order valence-corrected chi connectivity index (χ0v) is 11.6. The minimum atomic E-state index is -0.963. The molecule has 0 bridgehead atoms. The monoisotopic (exact) mass is 261 g/mol. The van der Waals surface area contributed by atoms with E-state index in [1.54, 1.807) is 32.0 Å². The Hall–Kier alpha value is -1.97. The van der Waals surface area contributed by atoms with Gasteiger partial charge < -0.3 is 14.8 Å². The summed E-state index contributed by atoms with van der Waals surface area (Å²) >= 11 is 0. The second-order valence-electron chi connectivity index (χ2n) is 5.68. The Labute approximate surface area is 112 Å². The lowest BCUT2D eigenvalue weighted by Crippen LogP contribution is -2.28. The third kappa shape index (κ3) is 2.07. The van der Waals surface area contributed by atoms with E-state index in [0.29, 0.717) is 0 Å². The summed E-state index contributed by atoms with van der Waals surface area (Å²) in [5.41, 5.74) is 0.665. The van der Waals surface area contributed by atoms with Gasteiger partial charge in [0.05, 0.1) is 10.9 Å². The third-order valence-electron chi connectivity index (χ3n) is 3.58.